The Labute approximate surface area is 209 Å². The maximum absolute atomic E-state index is 13.6. The van der Waals surface area contributed by atoms with Crippen LogP contribution in [0, 0.1) is 6.92 Å². The van der Waals surface area contributed by atoms with Crippen molar-refractivity contribution in [3.05, 3.63) is 86.6 Å². The Kier molecular flexibility index (Phi) is 7.59. The summed E-state index contributed by atoms with van der Waals surface area (Å²) in [7, 11) is 0. The minimum Gasteiger partial charge on any atom is -0.491 e. The standard InChI is InChI=1S/C27H29ClN2O3S/c1-18(2)30(27(32)20-5-4-6-21(28)15-20)16-26(31)29-13-11-25-23(12-14-34-25)24(29)17-33-22-9-7-19(3)8-10-22/h4-10,12,14-15,18,24H,11,13,16-17H2,1-3H3. The van der Waals surface area contributed by atoms with Gasteiger partial charge in [0.2, 0.25) is 5.91 Å². The first-order valence-electron chi connectivity index (χ1n) is 11.4. The number of halogens is 1. The lowest BCUT2D eigenvalue weighted by Gasteiger charge is -2.37. The van der Waals surface area contributed by atoms with E-state index in [-0.39, 0.29) is 30.4 Å². The van der Waals surface area contributed by atoms with E-state index in [4.69, 9.17) is 16.3 Å². The highest BCUT2D eigenvalue weighted by molar-refractivity contribution is 7.10. The second kappa shape index (κ2) is 10.6. The molecule has 1 unspecified atom stereocenters. The second-order valence-corrected chi connectivity index (χ2v) is 10.3. The second-order valence-electron chi connectivity index (χ2n) is 8.81. The summed E-state index contributed by atoms with van der Waals surface area (Å²) in [4.78, 5) is 31.5. The van der Waals surface area contributed by atoms with Crippen molar-refractivity contribution in [2.45, 2.75) is 39.3 Å². The van der Waals surface area contributed by atoms with Crippen molar-refractivity contribution in [3.63, 3.8) is 0 Å². The quantitative estimate of drug-likeness (QED) is 0.417. The molecule has 0 saturated carbocycles. The third kappa shape index (κ3) is 5.45. The number of thiophene rings is 1. The molecule has 0 radical (unpaired) electrons. The molecule has 3 aromatic rings. The number of fused-ring (bicyclic) bond motifs is 1. The third-order valence-electron chi connectivity index (χ3n) is 6.11. The van der Waals surface area contributed by atoms with Gasteiger partial charge < -0.3 is 14.5 Å². The molecule has 0 bridgehead atoms. The molecule has 2 heterocycles. The highest BCUT2D eigenvalue weighted by Gasteiger charge is 2.34. The number of carbonyl (C=O) groups is 2. The van der Waals surface area contributed by atoms with Crippen molar-refractivity contribution < 1.29 is 14.3 Å². The molecule has 1 aliphatic rings. The minimum absolute atomic E-state index is 0.00349. The van der Waals surface area contributed by atoms with Crippen molar-refractivity contribution in [2.24, 2.45) is 0 Å². The summed E-state index contributed by atoms with van der Waals surface area (Å²) in [6.07, 6.45) is 0.809. The van der Waals surface area contributed by atoms with E-state index in [0.717, 1.165) is 17.7 Å². The molecule has 4 rings (SSSR count). The van der Waals surface area contributed by atoms with Crippen LogP contribution in [0.1, 0.15) is 46.3 Å². The van der Waals surface area contributed by atoms with Gasteiger partial charge in [-0.25, -0.2) is 0 Å². The fourth-order valence-corrected chi connectivity index (χ4v) is 5.32. The number of rotatable bonds is 7. The Hall–Kier alpha value is -2.83. The van der Waals surface area contributed by atoms with Gasteiger partial charge in [-0.3, -0.25) is 9.59 Å². The molecule has 2 aromatic carbocycles. The van der Waals surface area contributed by atoms with Crippen LogP contribution in [0.3, 0.4) is 0 Å². The van der Waals surface area contributed by atoms with Crippen molar-refractivity contribution in [2.75, 3.05) is 19.7 Å². The van der Waals surface area contributed by atoms with Crippen molar-refractivity contribution in [3.8, 4) is 5.75 Å². The van der Waals surface area contributed by atoms with Crippen LogP contribution < -0.4 is 4.74 Å². The van der Waals surface area contributed by atoms with E-state index in [1.807, 2.05) is 49.9 Å². The van der Waals surface area contributed by atoms with Crippen molar-refractivity contribution in [1.82, 2.24) is 9.80 Å². The van der Waals surface area contributed by atoms with Gasteiger partial charge >= 0.3 is 0 Å². The molecule has 7 heteroatoms. The summed E-state index contributed by atoms with van der Waals surface area (Å²) in [5, 5.41) is 2.57. The van der Waals surface area contributed by atoms with Crippen LogP contribution >= 0.6 is 22.9 Å². The van der Waals surface area contributed by atoms with E-state index in [2.05, 4.69) is 11.4 Å². The van der Waals surface area contributed by atoms with E-state index in [1.165, 1.54) is 10.4 Å². The van der Waals surface area contributed by atoms with Gasteiger partial charge in [-0.1, -0.05) is 35.4 Å². The van der Waals surface area contributed by atoms with Crippen molar-refractivity contribution in [1.29, 1.82) is 0 Å². The molecule has 0 N–H and O–H groups in total. The maximum atomic E-state index is 13.6. The van der Waals surface area contributed by atoms with Gasteiger partial charge in [-0.15, -0.1) is 11.3 Å². The zero-order valence-electron chi connectivity index (χ0n) is 19.7. The highest BCUT2D eigenvalue weighted by Crippen LogP contribution is 2.34. The molecule has 34 heavy (non-hydrogen) atoms. The summed E-state index contributed by atoms with van der Waals surface area (Å²) in [5.41, 5.74) is 2.78. The van der Waals surface area contributed by atoms with Gasteiger partial charge in [-0.2, -0.15) is 0 Å². The molecule has 2 amide bonds. The average Bonchev–Trinajstić information content (AvgIpc) is 3.30. The fraction of sp³-hybridized carbons (Fsp3) is 0.333. The fourth-order valence-electron chi connectivity index (χ4n) is 4.20. The first-order valence-corrected chi connectivity index (χ1v) is 12.7. The zero-order valence-corrected chi connectivity index (χ0v) is 21.2. The number of hydrogen-bond donors (Lipinski definition) is 0. The van der Waals surface area contributed by atoms with Gasteiger partial charge in [0, 0.05) is 28.0 Å². The largest absolute Gasteiger partial charge is 0.491 e. The predicted octanol–water partition coefficient (Wildman–Crippen LogP) is 5.77. The molecular formula is C27H29ClN2O3S. The molecule has 1 atom stereocenters. The van der Waals surface area contributed by atoms with E-state index < -0.39 is 0 Å². The summed E-state index contributed by atoms with van der Waals surface area (Å²) in [5.74, 6) is 0.491. The Bertz CT molecular complexity index is 1160. The van der Waals surface area contributed by atoms with Crippen LogP contribution in [0.5, 0.6) is 5.75 Å². The third-order valence-corrected chi connectivity index (χ3v) is 7.34. The number of nitrogens with zero attached hydrogens (tertiary/aromatic N) is 2. The summed E-state index contributed by atoms with van der Waals surface area (Å²) >= 11 is 7.81. The summed E-state index contributed by atoms with van der Waals surface area (Å²) in [6.45, 7) is 6.84. The summed E-state index contributed by atoms with van der Waals surface area (Å²) < 4.78 is 6.11. The van der Waals surface area contributed by atoms with Gasteiger partial charge in [0.15, 0.2) is 0 Å². The number of benzene rings is 2. The zero-order chi connectivity index (χ0) is 24.2. The van der Waals surface area contributed by atoms with Gasteiger partial charge in [0.25, 0.3) is 5.91 Å². The van der Waals surface area contributed by atoms with Gasteiger partial charge in [0.05, 0.1) is 6.04 Å². The van der Waals surface area contributed by atoms with Crippen LogP contribution in [0.15, 0.2) is 60.0 Å². The lowest BCUT2D eigenvalue weighted by Crippen LogP contribution is -2.49. The normalized spacial score (nSPS) is 15.2. The number of carbonyl (C=O) groups excluding carboxylic acids is 2. The maximum Gasteiger partial charge on any atom is 0.254 e. The van der Waals surface area contributed by atoms with E-state index in [9.17, 15) is 9.59 Å². The lowest BCUT2D eigenvalue weighted by molar-refractivity contribution is -0.136. The molecule has 0 aliphatic carbocycles. The molecular weight excluding hydrogens is 468 g/mol. The molecule has 0 saturated heterocycles. The topological polar surface area (TPSA) is 49.9 Å². The van der Waals surface area contributed by atoms with Crippen LogP contribution in [0.4, 0.5) is 0 Å². The van der Waals surface area contributed by atoms with E-state index in [0.29, 0.717) is 23.7 Å². The van der Waals surface area contributed by atoms with Gasteiger partial charge in [0.1, 0.15) is 18.9 Å². The Morgan fingerprint density at radius 3 is 2.65 bits per heavy atom. The smallest absolute Gasteiger partial charge is 0.254 e. The number of ether oxygens (including phenoxy) is 1. The van der Waals surface area contributed by atoms with E-state index in [1.54, 1.807) is 40.5 Å². The first kappa shape index (κ1) is 24.3. The molecule has 0 spiro atoms. The van der Waals surface area contributed by atoms with Crippen LogP contribution in [0.25, 0.3) is 0 Å². The van der Waals surface area contributed by atoms with Crippen molar-refractivity contribution >= 4 is 34.8 Å². The van der Waals surface area contributed by atoms with Crippen LogP contribution in [-0.4, -0.2) is 47.4 Å². The lowest BCUT2D eigenvalue weighted by atomic mass is 10.00. The Morgan fingerprint density at radius 2 is 1.94 bits per heavy atom. The van der Waals surface area contributed by atoms with Gasteiger partial charge in [-0.05, 0) is 74.5 Å². The molecule has 1 aromatic heterocycles. The van der Waals surface area contributed by atoms with E-state index >= 15 is 0 Å². The average molecular weight is 497 g/mol. The SMILES string of the molecule is Cc1ccc(OCC2c3ccsc3CCN2C(=O)CN(C(=O)c2cccc(Cl)c2)C(C)C)cc1. The molecule has 0 fully saturated rings. The minimum atomic E-state index is -0.202. The predicted molar refractivity (Wildman–Crippen MR) is 137 cm³/mol. The van der Waals surface area contributed by atoms with Crippen LogP contribution in [0.2, 0.25) is 5.02 Å². The number of aryl methyl sites for hydroxylation is 1. The number of hydrogen-bond acceptors (Lipinski definition) is 4. The number of amides is 2. The van der Waals surface area contributed by atoms with Crippen LogP contribution in [-0.2, 0) is 11.2 Å². The molecule has 5 nitrogen and oxygen atoms in total. The highest BCUT2D eigenvalue weighted by atomic mass is 35.5. The first-order chi connectivity index (χ1) is 16.3. The molecule has 178 valence electrons. The summed E-state index contributed by atoms with van der Waals surface area (Å²) in [6, 6.07) is 16.5. The molecule has 1 aliphatic heterocycles. The Morgan fingerprint density at radius 1 is 1.18 bits per heavy atom. The Balaban J connectivity index is 1.53. The monoisotopic (exact) mass is 496 g/mol.